The summed E-state index contributed by atoms with van der Waals surface area (Å²) in [6, 6.07) is 0.755. The van der Waals surface area contributed by atoms with Gasteiger partial charge < -0.3 is 9.80 Å². The van der Waals surface area contributed by atoms with Crippen LogP contribution in [0.3, 0.4) is 0 Å². The van der Waals surface area contributed by atoms with Crippen LogP contribution in [0.2, 0.25) is 0 Å². The van der Waals surface area contributed by atoms with Crippen LogP contribution in [0.25, 0.3) is 0 Å². The van der Waals surface area contributed by atoms with Gasteiger partial charge in [-0.2, -0.15) is 0 Å². The van der Waals surface area contributed by atoms with E-state index in [4.69, 9.17) is 0 Å². The van der Waals surface area contributed by atoms with Gasteiger partial charge in [-0.3, -0.25) is 0 Å². The molecule has 17 heavy (non-hydrogen) atoms. The largest absolute Gasteiger partial charge is 0.305 e. The SMILES string of the molecule is CCC(CC)(CBr)CN(C)C1CCCN(C)C1. The normalized spacial score (nSPS) is 23.3. The number of rotatable bonds is 6. The maximum Gasteiger partial charge on any atom is 0.0220 e. The third kappa shape index (κ3) is 4.22. The fourth-order valence-corrected chi connectivity index (χ4v) is 3.83. The summed E-state index contributed by atoms with van der Waals surface area (Å²) in [5, 5.41) is 1.12. The molecule has 1 rings (SSSR count). The average molecular weight is 305 g/mol. The van der Waals surface area contributed by atoms with Gasteiger partial charge in [0.25, 0.3) is 0 Å². The van der Waals surface area contributed by atoms with E-state index >= 15 is 0 Å². The van der Waals surface area contributed by atoms with Crippen molar-refractivity contribution in [1.82, 2.24) is 9.80 Å². The second-order valence-electron chi connectivity index (χ2n) is 5.81. The van der Waals surface area contributed by atoms with Gasteiger partial charge in [-0.15, -0.1) is 0 Å². The molecule has 0 spiro atoms. The summed E-state index contributed by atoms with van der Waals surface area (Å²) in [6.07, 6.45) is 5.25. The van der Waals surface area contributed by atoms with Crippen LogP contribution in [0.4, 0.5) is 0 Å². The Balaban J connectivity index is 2.54. The molecule has 1 aliphatic rings. The number of hydrogen-bond donors (Lipinski definition) is 0. The zero-order valence-corrected chi connectivity index (χ0v) is 13.6. The van der Waals surface area contributed by atoms with Crippen LogP contribution in [0.5, 0.6) is 0 Å². The van der Waals surface area contributed by atoms with Gasteiger partial charge in [0.2, 0.25) is 0 Å². The monoisotopic (exact) mass is 304 g/mol. The summed E-state index contributed by atoms with van der Waals surface area (Å²) in [7, 11) is 4.56. The second-order valence-corrected chi connectivity index (χ2v) is 6.37. The molecule has 0 radical (unpaired) electrons. The predicted octanol–water partition coefficient (Wildman–Crippen LogP) is 3.21. The number of hydrogen-bond acceptors (Lipinski definition) is 2. The van der Waals surface area contributed by atoms with E-state index in [1.165, 1.54) is 45.3 Å². The lowest BCUT2D eigenvalue weighted by atomic mass is 9.83. The number of likely N-dealkylation sites (tertiary alicyclic amines) is 1. The summed E-state index contributed by atoms with van der Waals surface area (Å²) in [5.74, 6) is 0. The summed E-state index contributed by atoms with van der Waals surface area (Å²) in [6.45, 7) is 8.39. The van der Waals surface area contributed by atoms with Gasteiger partial charge in [0.15, 0.2) is 0 Å². The van der Waals surface area contributed by atoms with Crippen molar-refractivity contribution in [2.45, 2.75) is 45.6 Å². The van der Waals surface area contributed by atoms with Crippen LogP contribution < -0.4 is 0 Å². The summed E-state index contributed by atoms with van der Waals surface area (Å²) >= 11 is 3.72. The molecule has 1 fully saturated rings. The van der Waals surface area contributed by atoms with E-state index in [0.29, 0.717) is 5.41 Å². The van der Waals surface area contributed by atoms with E-state index in [1.54, 1.807) is 0 Å². The van der Waals surface area contributed by atoms with E-state index in [-0.39, 0.29) is 0 Å². The molecule has 1 heterocycles. The van der Waals surface area contributed by atoms with Crippen LogP contribution in [0, 0.1) is 5.41 Å². The lowest BCUT2D eigenvalue weighted by molar-refractivity contribution is 0.0915. The van der Waals surface area contributed by atoms with Gasteiger partial charge in [0, 0.05) is 24.5 Å². The summed E-state index contributed by atoms with van der Waals surface area (Å²) in [4.78, 5) is 5.07. The minimum atomic E-state index is 0.463. The van der Waals surface area contributed by atoms with Crippen molar-refractivity contribution in [1.29, 1.82) is 0 Å². The molecular formula is C14H29BrN2. The lowest BCUT2D eigenvalue weighted by Gasteiger charge is -2.41. The molecule has 0 N–H and O–H groups in total. The minimum absolute atomic E-state index is 0.463. The van der Waals surface area contributed by atoms with Crippen molar-refractivity contribution >= 4 is 15.9 Å². The molecule has 0 saturated carbocycles. The molecule has 0 amide bonds. The highest BCUT2D eigenvalue weighted by atomic mass is 79.9. The van der Waals surface area contributed by atoms with E-state index in [9.17, 15) is 0 Å². The topological polar surface area (TPSA) is 6.48 Å². The maximum atomic E-state index is 3.72. The predicted molar refractivity (Wildman–Crippen MR) is 80.0 cm³/mol. The zero-order chi connectivity index (χ0) is 12.9. The van der Waals surface area contributed by atoms with Gasteiger partial charge in [-0.1, -0.05) is 29.8 Å². The molecule has 1 saturated heterocycles. The zero-order valence-electron chi connectivity index (χ0n) is 12.0. The molecule has 0 aromatic heterocycles. The first-order valence-electron chi connectivity index (χ1n) is 7.01. The van der Waals surface area contributed by atoms with Crippen molar-refractivity contribution in [3.05, 3.63) is 0 Å². The molecule has 1 unspecified atom stereocenters. The number of alkyl halides is 1. The first-order chi connectivity index (χ1) is 8.06. The average Bonchev–Trinajstić information content (AvgIpc) is 2.36. The highest BCUT2D eigenvalue weighted by molar-refractivity contribution is 9.09. The lowest BCUT2D eigenvalue weighted by Crippen LogP contribution is -2.48. The minimum Gasteiger partial charge on any atom is -0.305 e. The Kier molecular flexibility index (Phi) is 6.46. The Morgan fingerprint density at radius 1 is 1.35 bits per heavy atom. The first kappa shape index (κ1) is 15.5. The molecule has 3 heteroatoms. The number of likely N-dealkylation sites (N-methyl/N-ethyl adjacent to an activating group) is 2. The van der Waals surface area contributed by atoms with Crippen LogP contribution in [-0.4, -0.2) is 54.9 Å². The van der Waals surface area contributed by atoms with Crippen molar-refractivity contribution in [3.8, 4) is 0 Å². The van der Waals surface area contributed by atoms with Gasteiger partial charge in [-0.05, 0) is 51.7 Å². The number of piperidine rings is 1. The van der Waals surface area contributed by atoms with Gasteiger partial charge in [0.1, 0.15) is 0 Å². The highest BCUT2D eigenvalue weighted by Crippen LogP contribution is 2.30. The van der Waals surface area contributed by atoms with E-state index < -0.39 is 0 Å². The molecule has 1 atom stereocenters. The molecule has 0 bridgehead atoms. The third-order valence-electron chi connectivity index (χ3n) is 4.59. The van der Waals surface area contributed by atoms with Crippen LogP contribution in [-0.2, 0) is 0 Å². The Labute approximate surface area is 116 Å². The van der Waals surface area contributed by atoms with Crippen LogP contribution in [0.15, 0.2) is 0 Å². The first-order valence-corrected chi connectivity index (χ1v) is 8.13. The molecule has 2 nitrogen and oxygen atoms in total. The van der Waals surface area contributed by atoms with E-state index in [2.05, 4.69) is 53.7 Å². The fraction of sp³-hybridized carbons (Fsp3) is 1.00. The van der Waals surface area contributed by atoms with E-state index in [1.807, 2.05) is 0 Å². The molecule has 0 aromatic rings. The molecule has 0 aliphatic carbocycles. The van der Waals surface area contributed by atoms with Crippen molar-refractivity contribution in [2.75, 3.05) is 39.1 Å². The van der Waals surface area contributed by atoms with Crippen LogP contribution >= 0.6 is 15.9 Å². The Morgan fingerprint density at radius 2 is 2.00 bits per heavy atom. The van der Waals surface area contributed by atoms with Crippen molar-refractivity contribution in [2.24, 2.45) is 5.41 Å². The number of halogens is 1. The maximum absolute atomic E-state index is 3.72. The highest BCUT2D eigenvalue weighted by Gasteiger charge is 2.30. The third-order valence-corrected chi connectivity index (χ3v) is 5.78. The molecule has 0 aromatic carbocycles. The second kappa shape index (κ2) is 7.10. The summed E-state index contributed by atoms with van der Waals surface area (Å²) in [5.41, 5.74) is 0.463. The fourth-order valence-electron chi connectivity index (χ4n) is 2.86. The Morgan fingerprint density at radius 3 is 2.47 bits per heavy atom. The number of nitrogens with zero attached hydrogens (tertiary/aromatic N) is 2. The van der Waals surface area contributed by atoms with E-state index in [0.717, 1.165) is 11.4 Å². The molecule has 102 valence electrons. The van der Waals surface area contributed by atoms with Gasteiger partial charge in [-0.25, -0.2) is 0 Å². The van der Waals surface area contributed by atoms with Crippen molar-refractivity contribution in [3.63, 3.8) is 0 Å². The smallest absolute Gasteiger partial charge is 0.0220 e. The Hall–Kier alpha value is 0.400. The standard InChI is InChI=1S/C14H29BrN2/c1-5-14(6-2,11-15)12-17(4)13-8-7-9-16(3)10-13/h13H,5-12H2,1-4H3. The van der Waals surface area contributed by atoms with Crippen LogP contribution in [0.1, 0.15) is 39.5 Å². The molecular weight excluding hydrogens is 276 g/mol. The summed E-state index contributed by atoms with van der Waals surface area (Å²) < 4.78 is 0. The van der Waals surface area contributed by atoms with Crippen molar-refractivity contribution < 1.29 is 0 Å². The van der Waals surface area contributed by atoms with Gasteiger partial charge >= 0.3 is 0 Å². The quantitative estimate of drug-likeness (QED) is 0.695. The van der Waals surface area contributed by atoms with Gasteiger partial charge in [0.05, 0.1) is 0 Å². The Bertz CT molecular complexity index is 208. The molecule has 1 aliphatic heterocycles.